The Morgan fingerprint density at radius 1 is 0.364 bits per heavy atom. The van der Waals surface area contributed by atoms with Gasteiger partial charge in [-0.25, -0.2) is 15.0 Å². The van der Waals surface area contributed by atoms with Crippen molar-refractivity contribution < 1.29 is 4.74 Å². The fourth-order valence-electron chi connectivity index (χ4n) is 8.75. The average molecular weight is 705 g/mol. The highest BCUT2D eigenvalue weighted by atomic mass is 16.5. The molecule has 0 unspecified atom stereocenters. The van der Waals surface area contributed by atoms with Crippen molar-refractivity contribution in [3.8, 4) is 67.9 Å². The van der Waals surface area contributed by atoms with Gasteiger partial charge in [-0.1, -0.05) is 164 Å². The quantitative estimate of drug-likeness (QED) is 0.185. The van der Waals surface area contributed by atoms with E-state index in [9.17, 15) is 0 Å². The molecule has 0 saturated carbocycles. The molecule has 1 aliphatic heterocycles. The number of hydrogen-bond acceptors (Lipinski definition) is 5. The molecule has 1 aromatic heterocycles. The largest absolute Gasteiger partial charge is 0.455 e. The third-order valence-corrected chi connectivity index (χ3v) is 11.2. The summed E-state index contributed by atoms with van der Waals surface area (Å²) in [5.41, 5.74) is 18.0. The molecule has 8 aromatic carbocycles. The minimum atomic E-state index is -0.692. The van der Waals surface area contributed by atoms with Gasteiger partial charge in [0.05, 0.1) is 11.0 Å². The van der Waals surface area contributed by atoms with E-state index in [0.29, 0.717) is 28.9 Å². The molecule has 258 valence electrons. The summed E-state index contributed by atoms with van der Waals surface area (Å²) in [6, 6.07) is 63.1. The molecule has 5 nitrogen and oxygen atoms in total. The van der Waals surface area contributed by atoms with Gasteiger partial charge in [0.2, 0.25) is 0 Å². The molecule has 0 amide bonds. The van der Waals surface area contributed by atoms with Gasteiger partial charge < -0.3 is 10.5 Å². The zero-order valence-electron chi connectivity index (χ0n) is 29.6. The fourth-order valence-corrected chi connectivity index (χ4v) is 8.75. The first-order valence-electron chi connectivity index (χ1n) is 18.5. The number of nitrogen functional groups attached to an aromatic ring is 1. The number of anilines is 1. The van der Waals surface area contributed by atoms with Crippen molar-refractivity contribution in [3.63, 3.8) is 0 Å². The van der Waals surface area contributed by atoms with Crippen LogP contribution in [0.5, 0.6) is 11.5 Å². The van der Waals surface area contributed by atoms with Gasteiger partial charge in [0.1, 0.15) is 11.5 Å². The van der Waals surface area contributed by atoms with E-state index >= 15 is 0 Å². The van der Waals surface area contributed by atoms with Crippen molar-refractivity contribution in [2.75, 3.05) is 5.73 Å². The van der Waals surface area contributed by atoms with Gasteiger partial charge in [0.15, 0.2) is 17.5 Å². The lowest BCUT2D eigenvalue weighted by atomic mass is 9.65. The molecule has 9 aromatic rings. The highest BCUT2D eigenvalue weighted by Crippen LogP contribution is 2.64. The summed E-state index contributed by atoms with van der Waals surface area (Å²) in [6.07, 6.45) is 0. The molecule has 1 spiro atoms. The normalized spacial score (nSPS) is 13.1. The predicted molar refractivity (Wildman–Crippen MR) is 221 cm³/mol. The lowest BCUT2D eigenvalue weighted by Gasteiger charge is -2.40. The maximum absolute atomic E-state index is 7.31. The van der Waals surface area contributed by atoms with E-state index in [1.54, 1.807) is 0 Å². The summed E-state index contributed by atoms with van der Waals surface area (Å²) in [5, 5.41) is 2.28. The highest BCUT2D eigenvalue weighted by molar-refractivity contribution is 5.93. The van der Waals surface area contributed by atoms with Crippen molar-refractivity contribution >= 4 is 16.5 Å². The van der Waals surface area contributed by atoms with E-state index in [1.807, 2.05) is 48.5 Å². The van der Waals surface area contributed by atoms with Crippen molar-refractivity contribution in [1.29, 1.82) is 0 Å². The topological polar surface area (TPSA) is 73.9 Å². The smallest absolute Gasteiger partial charge is 0.167 e. The summed E-state index contributed by atoms with van der Waals surface area (Å²) in [4.78, 5) is 15.5. The number of para-hydroxylation sites is 3. The molecule has 0 bridgehead atoms. The summed E-state index contributed by atoms with van der Waals surface area (Å²) in [7, 11) is 0. The Morgan fingerprint density at radius 3 is 1.58 bits per heavy atom. The van der Waals surface area contributed by atoms with Gasteiger partial charge in [0, 0.05) is 39.1 Å². The van der Waals surface area contributed by atoms with Crippen LogP contribution >= 0.6 is 0 Å². The maximum Gasteiger partial charge on any atom is 0.167 e. The monoisotopic (exact) mass is 704 g/mol. The van der Waals surface area contributed by atoms with Gasteiger partial charge in [-0.15, -0.1) is 0 Å². The van der Waals surface area contributed by atoms with Crippen LogP contribution in [-0.2, 0) is 5.41 Å². The van der Waals surface area contributed by atoms with Gasteiger partial charge in [0.25, 0.3) is 0 Å². The number of rotatable bonds is 4. The Balaban J connectivity index is 1.22. The molecule has 11 rings (SSSR count). The zero-order valence-corrected chi connectivity index (χ0v) is 29.6. The van der Waals surface area contributed by atoms with Crippen LogP contribution in [0.3, 0.4) is 0 Å². The van der Waals surface area contributed by atoms with E-state index in [2.05, 4.69) is 133 Å². The summed E-state index contributed by atoms with van der Waals surface area (Å²) in [5.74, 6) is 3.18. The maximum atomic E-state index is 7.31. The Kier molecular flexibility index (Phi) is 6.85. The second-order valence-electron chi connectivity index (χ2n) is 14.1. The second kappa shape index (κ2) is 12.1. The van der Waals surface area contributed by atoms with Crippen molar-refractivity contribution in [2.45, 2.75) is 5.41 Å². The van der Waals surface area contributed by atoms with E-state index in [0.717, 1.165) is 55.5 Å². The molecule has 2 heterocycles. The third kappa shape index (κ3) is 4.63. The molecule has 2 N–H and O–H groups in total. The number of ether oxygens (including phenoxy) is 1. The van der Waals surface area contributed by atoms with Crippen LogP contribution in [0.4, 0.5) is 5.69 Å². The minimum absolute atomic E-state index is 0.531. The standard InChI is InChI=1S/C50H32N4O/c51-44-27-11-8-20-37(44)38-21-12-25-42-45(38)55-46-39(22-13-26-43(46)50(42)40-23-9-6-18-35(40)36-19-7-10-24-41(36)50)49-53-47(32-15-2-1-3-16-32)52-48(54-49)34-29-28-31-14-4-5-17-33(31)30-34/h1-30H,51H2. The van der Waals surface area contributed by atoms with Crippen molar-refractivity contribution in [2.24, 2.45) is 0 Å². The fraction of sp³-hybridized carbons (Fsp3) is 0.0200. The summed E-state index contributed by atoms with van der Waals surface area (Å²) >= 11 is 0. The SMILES string of the molecule is Nc1ccccc1-c1cccc2c1Oc1c(-c3nc(-c4ccccc4)nc(-c4ccc5ccccc5c4)n3)cccc1C21c2ccccc2-c2ccccc21. The van der Waals surface area contributed by atoms with E-state index in [1.165, 1.54) is 22.3 Å². The van der Waals surface area contributed by atoms with Crippen LogP contribution in [0.2, 0.25) is 0 Å². The number of benzene rings is 8. The molecule has 1 aliphatic carbocycles. The molecular formula is C50H32N4O. The number of hydrogen-bond donors (Lipinski definition) is 1. The number of nitrogens with zero attached hydrogens (tertiary/aromatic N) is 3. The lowest BCUT2D eigenvalue weighted by molar-refractivity contribution is 0.439. The number of fused-ring (bicyclic) bond motifs is 10. The third-order valence-electron chi connectivity index (χ3n) is 11.2. The molecule has 0 saturated heterocycles. The Bertz CT molecular complexity index is 2940. The summed E-state index contributed by atoms with van der Waals surface area (Å²) in [6.45, 7) is 0. The first-order chi connectivity index (χ1) is 27.2. The van der Waals surface area contributed by atoms with Crippen molar-refractivity contribution in [1.82, 2.24) is 15.0 Å². The van der Waals surface area contributed by atoms with E-state index < -0.39 is 5.41 Å². The second-order valence-corrected chi connectivity index (χ2v) is 14.1. The lowest BCUT2D eigenvalue weighted by Crippen LogP contribution is -2.32. The van der Waals surface area contributed by atoms with Crippen LogP contribution in [0.15, 0.2) is 182 Å². The number of nitrogens with two attached hydrogens (primary N) is 1. The van der Waals surface area contributed by atoms with Gasteiger partial charge in [-0.3, -0.25) is 0 Å². The van der Waals surface area contributed by atoms with Crippen LogP contribution in [-0.4, -0.2) is 15.0 Å². The van der Waals surface area contributed by atoms with Crippen molar-refractivity contribution in [3.05, 3.63) is 204 Å². The predicted octanol–water partition coefficient (Wildman–Crippen LogP) is 11.7. The molecule has 0 fully saturated rings. The molecule has 5 heteroatoms. The van der Waals surface area contributed by atoms with E-state index in [4.69, 9.17) is 25.4 Å². The Hall–Kier alpha value is -7.37. The molecule has 55 heavy (non-hydrogen) atoms. The van der Waals surface area contributed by atoms with Crippen LogP contribution in [0, 0.1) is 0 Å². The van der Waals surface area contributed by atoms with Gasteiger partial charge in [-0.2, -0.15) is 0 Å². The first-order valence-corrected chi connectivity index (χ1v) is 18.5. The van der Waals surface area contributed by atoms with Gasteiger partial charge in [-0.05, 0) is 51.2 Å². The van der Waals surface area contributed by atoms with Crippen LogP contribution in [0.25, 0.3) is 67.2 Å². The molecule has 0 radical (unpaired) electrons. The van der Waals surface area contributed by atoms with Gasteiger partial charge >= 0.3 is 0 Å². The number of aromatic nitrogens is 3. The zero-order chi connectivity index (χ0) is 36.5. The van der Waals surface area contributed by atoms with E-state index in [-0.39, 0.29) is 0 Å². The van der Waals surface area contributed by atoms with Crippen LogP contribution in [0.1, 0.15) is 22.3 Å². The Morgan fingerprint density at radius 2 is 0.873 bits per heavy atom. The Labute approximate surface area is 318 Å². The van der Waals surface area contributed by atoms with Crippen LogP contribution < -0.4 is 10.5 Å². The first kappa shape index (κ1) is 31.2. The molecular weight excluding hydrogens is 673 g/mol. The molecule has 2 aliphatic rings. The average Bonchev–Trinajstić information content (AvgIpc) is 3.54. The highest BCUT2D eigenvalue weighted by Gasteiger charge is 2.52. The minimum Gasteiger partial charge on any atom is -0.455 e. The molecule has 0 atom stereocenters. The summed E-state index contributed by atoms with van der Waals surface area (Å²) < 4.78 is 7.31.